The molecule has 1 aliphatic heterocycles. The van der Waals surface area contributed by atoms with Gasteiger partial charge in [-0.25, -0.2) is 4.68 Å². The molecular weight excluding hydrogens is 366 g/mol. The van der Waals surface area contributed by atoms with Crippen LogP contribution in [-0.4, -0.2) is 52.2 Å². The minimum Gasteiger partial charge on any atom is -0.349 e. The van der Waals surface area contributed by atoms with Gasteiger partial charge in [0.05, 0.1) is 18.8 Å². The van der Waals surface area contributed by atoms with Gasteiger partial charge >= 0.3 is 0 Å². The number of hydrogen-bond donors (Lipinski definition) is 2. The van der Waals surface area contributed by atoms with Crippen molar-refractivity contribution in [1.82, 2.24) is 20.0 Å². The summed E-state index contributed by atoms with van der Waals surface area (Å²) in [5, 5.41) is 10.5. The van der Waals surface area contributed by atoms with Gasteiger partial charge in [-0.1, -0.05) is 31.0 Å². The number of nitrogens with zero attached hydrogens (tertiary/aromatic N) is 3. The molecule has 0 atom stereocenters. The number of amides is 2. The highest BCUT2D eigenvalue weighted by Gasteiger charge is 2.24. The zero-order valence-electron chi connectivity index (χ0n) is 16.7. The lowest BCUT2D eigenvalue weighted by Crippen LogP contribution is -2.46. The third-order valence-corrected chi connectivity index (χ3v) is 5.93. The van der Waals surface area contributed by atoms with Gasteiger partial charge in [0.2, 0.25) is 5.91 Å². The van der Waals surface area contributed by atoms with Crippen LogP contribution in [0.5, 0.6) is 0 Å². The molecular formula is C22H29N5O2. The molecule has 7 heteroatoms. The van der Waals surface area contributed by atoms with Crippen molar-refractivity contribution in [3.63, 3.8) is 0 Å². The van der Waals surface area contributed by atoms with E-state index in [0.717, 1.165) is 44.6 Å². The number of piperidine rings is 1. The van der Waals surface area contributed by atoms with Crippen molar-refractivity contribution in [2.75, 3.05) is 25.0 Å². The lowest BCUT2D eigenvalue weighted by Gasteiger charge is -2.31. The van der Waals surface area contributed by atoms with Crippen LogP contribution in [0.4, 0.5) is 5.82 Å². The smallest absolute Gasteiger partial charge is 0.251 e. The third-order valence-electron chi connectivity index (χ3n) is 5.93. The van der Waals surface area contributed by atoms with E-state index < -0.39 is 0 Å². The molecule has 1 saturated heterocycles. The van der Waals surface area contributed by atoms with Crippen molar-refractivity contribution < 1.29 is 9.59 Å². The Morgan fingerprint density at radius 1 is 1.00 bits per heavy atom. The highest BCUT2D eigenvalue weighted by Crippen LogP contribution is 2.31. The second-order valence-electron chi connectivity index (χ2n) is 8.04. The number of carbonyl (C=O) groups excluding carboxylic acids is 2. The Kier molecular flexibility index (Phi) is 6.24. The first-order valence-corrected chi connectivity index (χ1v) is 10.6. The summed E-state index contributed by atoms with van der Waals surface area (Å²) in [6.07, 6.45) is 8.19. The summed E-state index contributed by atoms with van der Waals surface area (Å²) in [6, 6.07) is 11.7. The van der Waals surface area contributed by atoms with Crippen LogP contribution in [0.3, 0.4) is 0 Å². The largest absolute Gasteiger partial charge is 0.349 e. The van der Waals surface area contributed by atoms with Crippen LogP contribution in [-0.2, 0) is 4.79 Å². The highest BCUT2D eigenvalue weighted by atomic mass is 16.2. The summed E-state index contributed by atoms with van der Waals surface area (Å²) in [7, 11) is 0. The first-order chi connectivity index (χ1) is 14.2. The van der Waals surface area contributed by atoms with E-state index in [1.54, 1.807) is 6.20 Å². The molecule has 0 radical (unpaired) electrons. The molecule has 0 bridgehead atoms. The Morgan fingerprint density at radius 2 is 1.72 bits per heavy atom. The maximum atomic E-state index is 12.5. The zero-order chi connectivity index (χ0) is 20.1. The van der Waals surface area contributed by atoms with E-state index >= 15 is 0 Å². The summed E-state index contributed by atoms with van der Waals surface area (Å²) in [5.74, 6) is 0.769. The maximum absolute atomic E-state index is 12.5. The number of anilines is 1. The molecule has 1 aliphatic carbocycles. The van der Waals surface area contributed by atoms with Gasteiger partial charge in [-0.05, 0) is 37.8 Å². The second kappa shape index (κ2) is 9.22. The Hall–Kier alpha value is -2.67. The molecule has 2 aliphatic rings. The number of carbonyl (C=O) groups is 2. The summed E-state index contributed by atoms with van der Waals surface area (Å²) < 4.78 is 1.97. The molecule has 2 aromatic rings. The van der Waals surface area contributed by atoms with Gasteiger partial charge in [0.25, 0.3) is 5.91 Å². The molecule has 2 N–H and O–H groups in total. The lowest BCUT2D eigenvalue weighted by molar-refractivity contribution is -0.117. The number of benzene rings is 1. The summed E-state index contributed by atoms with van der Waals surface area (Å²) >= 11 is 0. The Morgan fingerprint density at radius 3 is 2.45 bits per heavy atom. The van der Waals surface area contributed by atoms with Crippen LogP contribution in [0.25, 0.3) is 0 Å². The molecule has 1 saturated carbocycles. The predicted molar refractivity (Wildman–Crippen MR) is 112 cm³/mol. The van der Waals surface area contributed by atoms with Crippen molar-refractivity contribution in [2.45, 2.75) is 50.6 Å². The highest BCUT2D eigenvalue weighted by molar-refractivity contribution is 5.94. The van der Waals surface area contributed by atoms with E-state index in [0.29, 0.717) is 18.2 Å². The van der Waals surface area contributed by atoms with Gasteiger partial charge in [-0.3, -0.25) is 14.5 Å². The number of hydrogen-bond acceptors (Lipinski definition) is 4. The number of likely N-dealkylation sites (tertiary alicyclic amines) is 1. The van der Waals surface area contributed by atoms with E-state index in [2.05, 4.69) is 20.6 Å². The average Bonchev–Trinajstić information content (AvgIpc) is 3.42. The van der Waals surface area contributed by atoms with Crippen molar-refractivity contribution >= 4 is 17.6 Å². The van der Waals surface area contributed by atoms with Crippen LogP contribution in [0.2, 0.25) is 0 Å². The van der Waals surface area contributed by atoms with Gasteiger partial charge < -0.3 is 10.6 Å². The fourth-order valence-electron chi connectivity index (χ4n) is 4.33. The van der Waals surface area contributed by atoms with Gasteiger partial charge in [-0.2, -0.15) is 5.10 Å². The molecule has 2 heterocycles. The van der Waals surface area contributed by atoms with Gasteiger partial charge in [0.15, 0.2) is 0 Å². The van der Waals surface area contributed by atoms with Crippen molar-refractivity contribution in [2.24, 2.45) is 0 Å². The van der Waals surface area contributed by atoms with E-state index in [4.69, 9.17) is 0 Å². The molecule has 1 aromatic heterocycles. The fourth-order valence-corrected chi connectivity index (χ4v) is 4.33. The minimum absolute atomic E-state index is 0.00322. The quantitative estimate of drug-likeness (QED) is 0.788. The van der Waals surface area contributed by atoms with Crippen molar-refractivity contribution in [1.29, 1.82) is 0 Å². The standard InChI is InChI=1S/C22H29N5O2/c28-21(25-20-10-13-23-27(20)19-8-4-5-9-19)16-26-14-11-18(12-15-26)24-22(29)17-6-2-1-3-7-17/h1-3,6-7,10,13,18-19H,4-5,8-9,11-12,14-16H2,(H,24,29)(H,25,28). The minimum atomic E-state index is -0.0260. The van der Waals surface area contributed by atoms with Crippen LogP contribution < -0.4 is 10.6 Å². The average molecular weight is 396 g/mol. The number of aromatic nitrogens is 2. The first kappa shape index (κ1) is 19.6. The lowest BCUT2D eigenvalue weighted by atomic mass is 10.0. The molecule has 29 heavy (non-hydrogen) atoms. The molecule has 154 valence electrons. The molecule has 1 aromatic carbocycles. The Bertz CT molecular complexity index is 821. The van der Waals surface area contributed by atoms with Crippen LogP contribution in [0.1, 0.15) is 54.9 Å². The third kappa shape index (κ3) is 5.03. The fraction of sp³-hybridized carbons (Fsp3) is 0.500. The van der Waals surface area contributed by atoms with Gasteiger partial charge in [-0.15, -0.1) is 0 Å². The second-order valence-corrected chi connectivity index (χ2v) is 8.04. The first-order valence-electron chi connectivity index (χ1n) is 10.6. The molecule has 2 amide bonds. The predicted octanol–water partition coefficient (Wildman–Crippen LogP) is 2.83. The van der Waals surface area contributed by atoms with Crippen molar-refractivity contribution in [3.8, 4) is 0 Å². The molecule has 4 rings (SSSR count). The molecule has 0 unspecified atom stereocenters. The van der Waals surface area contributed by atoms with Crippen LogP contribution in [0.15, 0.2) is 42.6 Å². The Labute approximate surface area is 171 Å². The molecule has 2 fully saturated rings. The van der Waals surface area contributed by atoms with Gasteiger partial charge in [0, 0.05) is 30.8 Å². The molecule has 7 nitrogen and oxygen atoms in total. The number of nitrogens with one attached hydrogen (secondary N) is 2. The van der Waals surface area contributed by atoms with Crippen LogP contribution in [0, 0.1) is 0 Å². The Balaban J connectivity index is 1.22. The summed E-state index contributed by atoms with van der Waals surface area (Å²) in [6.45, 7) is 1.97. The maximum Gasteiger partial charge on any atom is 0.251 e. The van der Waals surface area contributed by atoms with Gasteiger partial charge in [0.1, 0.15) is 5.82 Å². The van der Waals surface area contributed by atoms with Crippen LogP contribution >= 0.6 is 0 Å². The van der Waals surface area contributed by atoms with E-state index in [9.17, 15) is 9.59 Å². The normalized spacial score (nSPS) is 18.6. The summed E-state index contributed by atoms with van der Waals surface area (Å²) in [4.78, 5) is 27.0. The van der Waals surface area contributed by atoms with E-state index in [-0.39, 0.29) is 17.9 Å². The topological polar surface area (TPSA) is 79.3 Å². The SMILES string of the molecule is O=C(CN1CCC(NC(=O)c2ccccc2)CC1)Nc1ccnn1C1CCCC1. The van der Waals surface area contributed by atoms with E-state index in [1.165, 1.54) is 12.8 Å². The summed E-state index contributed by atoms with van der Waals surface area (Å²) in [5.41, 5.74) is 0.688. The monoisotopic (exact) mass is 395 g/mol. The zero-order valence-corrected chi connectivity index (χ0v) is 16.7. The number of rotatable bonds is 6. The van der Waals surface area contributed by atoms with Crippen molar-refractivity contribution in [3.05, 3.63) is 48.2 Å². The van der Waals surface area contributed by atoms with E-state index in [1.807, 2.05) is 41.1 Å². The molecule has 0 spiro atoms.